The van der Waals surface area contributed by atoms with Gasteiger partial charge in [0.05, 0.1) is 10.6 Å². The van der Waals surface area contributed by atoms with E-state index in [0.717, 1.165) is 44.3 Å². The van der Waals surface area contributed by atoms with E-state index in [1.54, 1.807) is 42.2 Å². The predicted molar refractivity (Wildman–Crippen MR) is 112 cm³/mol. The first-order valence-electron chi connectivity index (χ1n) is 9.30. The zero-order valence-corrected chi connectivity index (χ0v) is 17.3. The van der Waals surface area contributed by atoms with Gasteiger partial charge in [0.2, 0.25) is 0 Å². The van der Waals surface area contributed by atoms with Crippen molar-refractivity contribution in [3.63, 3.8) is 0 Å². The Morgan fingerprint density at radius 1 is 1.00 bits per heavy atom. The molecule has 0 atom stereocenters. The lowest BCUT2D eigenvalue weighted by molar-refractivity contribution is 0.214. The monoisotopic (exact) mass is 421 g/mol. The number of carbonyl (C=O) groups is 1. The second kappa shape index (κ2) is 8.84. The molecule has 28 heavy (non-hydrogen) atoms. The maximum atomic E-state index is 12.6. The van der Waals surface area contributed by atoms with Crippen molar-refractivity contribution < 1.29 is 13.2 Å². The molecule has 0 aromatic heterocycles. The van der Waals surface area contributed by atoms with Gasteiger partial charge in [-0.2, -0.15) is 0 Å². The lowest BCUT2D eigenvalue weighted by Gasteiger charge is -2.20. The number of hydrogen-bond donors (Lipinski definition) is 2. The molecule has 1 heterocycles. The number of carbonyl (C=O) groups excluding carboxylic acids is 1. The SMILES string of the molecule is Cc1ccc(Cl)cc1NS(=O)(=O)c1ccc(NC(=O)N2CCCCCC2)cc1. The molecule has 2 aromatic rings. The van der Waals surface area contributed by atoms with Gasteiger partial charge in [0, 0.05) is 23.8 Å². The molecule has 0 radical (unpaired) electrons. The van der Waals surface area contributed by atoms with Crippen molar-refractivity contribution in [2.24, 2.45) is 0 Å². The molecule has 2 amide bonds. The average Bonchev–Trinajstić information content (AvgIpc) is 2.94. The number of benzene rings is 2. The number of urea groups is 1. The number of sulfonamides is 1. The molecule has 1 fully saturated rings. The molecule has 3 rings (SSSR count). The minimum absolute atomic E-state index is 0.111. The highest BCUT2D eigenvalue weighted by Crippen LogP contribution is 2.24. The van der Waals surface area contributed by atoms with Crippen LogP contribution in [0.2, 0.25) is 5.02 Å². The van der Waals surface area contributed by atoms with Crippen molar-refractivity contribution in [3.05, 3.63) is 53.1 Å². The van der Waals surface area contributed by atoms with Crippen molar-refractivity contribution in [2.45, 2.75) is 37.5 Å². The first kappa shape index (κ1) is 20.5. The van der Waals surface area contributed by atoms with Crippen LogP contribution < -0.4 is 10.0 Å². The molecule has 1 saturated heterocycles. The topological polar surface area (TPSA) is 78.5 Å². The molecule has 0 unspecified atom stereocenters. The zero-order valence-electron chi connectivity index (χ0n) is 15.7. The van der Waals surface area contributed by atoms with E-state index in [-0.39, 0.29) is 10.9 Å². The van der Waals surface area contributed by atoms with Crippen molar-refractivity contribution in [2.75, 3.05) is 23.1 Å². The molecule has 8 heteroatoms. The molecule has 2 aromatic carbocycles. The van der Waals surface area contributed by atoms with Gasteiger partial charge in [-0.3, -0.25) is 4.72 Å². The van der Waals surface area contributed by atoms with Crippen LogP contribution in [0, 0.1) is 6.92 Å². The molecule has 2 N–H and O–H groups in total. The highest BCUT2D eigenvalue weighted by Gasteiger charge is 2.18. The molecule has 6 nitrogen and oxygen atoms in total. The standard InChI is InChI=1S/C20H24ClN3O3S/c1-15-6-7-16(21)14-19(15)23-28(26,27)18-10-8-17(9-11-18)22-20(25)24-12-4-2-3-5-13-24/h6-11,14,23H,2-5,12-13H2,1H3,(H,22,25). The molecule has 150 valence electrons. The van der Waals surface area contributed by atoms with E-state index in [2.05, 4.69) is 10.0 Å². The average molecular weight is 422 g/mol. The third-order valence-corrected chi connectivity index (χ3v) is 6.37. The number of nitrogens with zero attached hydrogens (tertiary/aromatic N) is 1. The van der Waals surface area contributed by atoms with Crippen molar-refractivity contribution in [1.29, 1.82) is 0 Å². The summed E-state index contributed by atoms with van der Waals surface area (Å²) in [7, 11) is -3.75. The van der Waals surface area contributed by atoms with Gasteiger partial charge >= 0.3 is 6.03 Å². The molecule has 1 aliphatic rings. The van der Waals surface area contributed by atoms with Crippen molar-refractivity contribution in [3.8, 4) is 0 Å². The van der Waals surface area contributed by atoms with Gasteiger partial charge in [-0.05, 0) is 61.7 Å². The Bertz CT molecular complexity index is 938. The fraction of sp³-hybridized carbons (Fsp3) is 0.350. The van der Waals surface area contributed by atoms with Gasteiger partial charge in [0.15, 0.2) is 0 Å². The number of likely N-dealkylation sites (tertiary alicyclic amines) is 1. The second-order valence-electron chi connectivity index (χ2n) is 6.92. The smallest absolute Gasteiger partial charge is 0.321 e. The van der Waals surface area contributed by atoms with Gasteiger partial charge in [-0.15, -0.1) is 0 Å². The van der Waals surface area contributed by atoms with Crippen LogP contribution in [-0.2, 0) is 10.0 Å². The van der Waals surface area contributed by atoms with Crippen molar-refractivity contribution in [1.82, 2.24) is 4.90 Å². The van der Waals surface area contributed by atoms with Crippen LogP contribution in [-0.4, -0.2) is 32.4 Å². The summed E-state index contributed by atoms with van der Waals surface area (Å²) in [4.78, 5) is 14.3. The fourth-order valence-corrected chi connectivity index (χ4v) is 4.40. The molecule has 1 aliphatic heterocycles. The zero-order chi connectivity index (χ0) is 20.1. The number of anilines is 2. The third-order valence-electron chi connectivity index (χ3n) is 4.75. The van der Waals surface area contributed by atoms with E-state index in [9.17, 15) is 13.2 Å². The van der Waals surface area contributed by atoms with Crippen LogP contribution in [0.15, 0.2) is 47.4 Å². The van der Waals surface area contributed by atoms with Gasteiger partial charge in [0.1, 0.15) is 0 Å². The summed E-state index contributed by atoms with van der Waals surface area (Å²) in [6.45, 7) is 3.30. The minimum atomic E-state index is -3.75. The fourth-order valence-electron chi connectivity index (χ4n) is 3.10. The van der Waals surface area contributed by atoms with E-state index >= 15 is 0 Å². The number of nitrogens with one attached hydrogen (secondary N) is 2. The van der Waals surface area contributed by atoms with E-state index in [1.165, 1.54) is 12.1 Å². The summed E-state index contributed by atoms with van der Waals surface area (Å²) in [6.07, 6.45) is 4.32. The number of halogens is 1. The Kier molecular flexibility index (Phi) is 6.46. The summed E-state index contributed by atoms with van der Waals surface area (Å²) in [6, 6.07) is 11.0. The van der Waals surface area contributed by atoms with E-state index in [0.29, 0.717) is 16.4 Å². The van der Waals surface area contributed by atoms with Gasteiger partial charge < -0.3 is 10.2 Å². The lowest BCUT2D eigenvalue weighted by Crippen LogP contribution is -2.35. The summed E-state index contributed by atoms with van der Waals surface area (Å²) in [5, 5.41) is 3.29. The third kappa shape index (κ3) is 5.17. The molecular formula is C20H24ClN3O3S. The Labute approximate surface area is 170 Å². The largest absolute Gasteiger partial charge is 0.325 e. The van der Waals surface area contributed by atoms with Crippen LogP contribution in [0.3, 0.4) is 0 Å². The maximum Gasteiger partial charge on any atom is 0.321 e. The number of aryl methyl sites for hydroxylation is 1. The maximum absolute atomic E-state index is 12.6. The van der Waals surface area contributed by atoms with Crippen LogP contribution in [0.5, 0.6) is 0 Å². The lowest BCUT2D eigenvalue weighted by atomic mass is 10.2. The van der Waals surface area contributed by atoms with Crippen molar-refractivity contribution >= 4 is 39.0 Å². The highest BCUT2D eigenvalue weighted by atomic mass is 35.5. The first-order valence-corrected chi connectivity index (χ1v) is 11.2. The van der Waals surface area contributed by atoms with E-state index < -0.39 is 10.0 Å². The van der Waals surface area contributed by atoms with Crippen LogP contribution in [0.1, 0.15) is 31.2 Å². The molecule has 0 aliphatic carbocycles. The summed E-state index contributed by atoms with van der Waals surface area (Å²) >= 11 is 5.96. The number of hydrogen-bond acceptors (Lipinski definition) is 3. The molecular weight excluding hydrogens is 398 g/mol. The normalized spacial score (nSPS) is 15.0. The van der Waals surface area contributed by atoms with E-state index in [1.807, 2.05) is 0 Å². The Morgan fingerprint density at radius 3 is 2.29 bits per heavy atom. The number of amides is 2. The summed E-state index contributed by atoms with van der Waals surface area (Å²) < 4.78 is 27.8. The van der Waals surface area contributed by atoms with E-state index in [4.69, 9.17) is 11.6 Å². The number of rotatable bonds is 4. The highest BCUT2D eigenvalue weighted by molar-refractivity contribution is 7.92. The Hall–Kier alpha value is -2.25. The minimum Gasteiger partial charge on any atom is -0.325 e. The quantitative estimate of drug-likeness (QED) is 0.740. The predicted octanol–water partition coefficient (Wildman–Crippen LogP) is 4.86. The van der Waals surface area contributed by atoms with Crippen LogP contribution in [0.4, 0.5) is 16.2 Å². The first-order chi connectivity index (χ1) is 13.3. The summed E-state index contributed by atoms with van der Waals surface area (Å²) in [5.41, 5.74) is 1.77. The van der Waals surface area contributed by atoms with Gasteiger partial charge in [0.25, 0.3) is 10.0 Å². The summed E-state index contributed by atoms with van der Waals surface area (Å²) in [5.74, 6) is 0. The Morgan fingerprint density at radius 2 is 1.64 bits per heavy atom. The van der Waals surface area contributed by atoms with Gasteiger partial charge in [-0.1, -0.05) is 30.5 Å². The molecule has 0 spiro atoms. The second-order valence-corrected chi connectivity index (χ2v) is 9.04. The molecule has 0 saturated carbocycles. The van der Waals surface area contributed by atoms with Gasteiger partial charge in [-0.25, -0.2) is 13.2 Å². The molecule has 0 bridgehead atoms. The van der Waals surface area contributed by atoms with Crippen LogP contribution in [0.25, 0.3) is 0 Å². The Balaban J connectivity index is 1.69. The van der Waals surface area contributed by atoms with Crippen LogP contribution >= 0.6 is 11.6 Å².